The van der Waals surface area contributed by atoms with Crippen molar-refractivity contribution in [1.29, 1.82) is 0 Å². The SMILES string of the molecule is COC(=O)[C@H]1CC=C[C@@H]2c3ccccc3OC(=O)[C@@H]12. The van der Waals surface area contributed by atoms with Crippen LogP contribution in [-0.2, 0) is 14.3 Å². The van der Waals surface area contributed by atoms with Crippen LogP contribution in [-0.4, -0.2) is 19.0 Å². The van der Waals surface area contributed by atoms with Crippen molar-refractivity contribution in [3.05, 3.63) is 42.0 Å². The van der Waals surface area contributed by atoms with Crippen LogP contribution < -0.4 is 4.74 Å². The number of hydrogen-bond acceptors (Lipinski definition) is 4. The van der Waals surface area contributed by atoms with Crippen molar-refractivity contribution >= 4 is 11.9 Å². The minimum absolute atomic E-state index is 0.102. The Morgan fingerprint density at radius 2 is 2.16 bits per heavy atom. The predicted octanol–water partition coefficient (Wildman–Crippen LogP) is 2.05. The van der Waals surface area contributed by atoms with E-state index in [4.69, 9.17) is 9.47 Å². The van der Waals surface area contributed by atoms with Crippen molar-refractivity contribution in [1.82, 2.24) is 0 Å². The predicted molar refractivity (Wildman–Crippen MR) is 67.6 cm³/mol. The highest BCUT2D eigenvalue weighted by Crippen LogP contribution is 2.45. The molecule has 1 aromatic rings. The lowest BCUT2D eigenvalue weighted by Crippen LogP contribution is -2.41. The van der Waals surface area contributed by atoms with Gasteiger partial charge in [-0.15, -0.1) is 0 Å². The van der Waals surface area contributed by atoms with Gasteiger partial charge in [0, 0.05) is 11.5 Å². The molecule has 4 heteroatoms. The molecule has 1 aromatic carbocycles. The summed E-state index contributed by atoms with van der Waals surface area (Å²) in [5.74, 6) is -1.15. The molecule has 19 heavy (non-hydrogen) atoms. The molecule has 0 saturated carbocycles. The number of carbonyl (C=O) groups excluding carboxylic acids is 2. The third kappa shape index (κ3) is 1.84. The summed E-state index contributed by atoms with van der Waals surface area (Å²) >= 11 is 0. The summed E-state index contributed by atoms with van der Waals surface area (Å²) < 4.78 is 10.1. The van der Waals surface area contributed by atoms with E-state index in [-0.39, 0.29) is 17.9 Å². The van der Waals surface area contributed by atoms with Gasteiger partial charge in [-0.25, -0.2) is 0 Å². The van der Waals surface area contributed by atoms with Crippen LogP contribution in [0.5, 0.6) is 5.75 Å². The number of allylic oxidation sites excluding steroid dienone is 2. The van der Waals surface area contributed by atoms with E-state index < -0.39 is 11.8 Å². The van der Waals surface area contributed by atoms with Gasteiger partial charge in [-0.2, -0.15) is 0 Å². The third-order valence-corrected chi connectivity index (χ3v) is 3.82. The molecule has 1 heterocycles. The van der Waals surface area contributed by atoms with E-state index in [1.807, 2.05) is 30.4 Å². The Labute approximate surface area is 111 Å². The van der Waals surface area contributed by atoms with Gasteiger partial charge in [0.05, 0.1) is 18.9 Å². The van der Waals surface area contributed by atoms with Gasteiger partial charge in [-0.1, -0.05) is 30.4 Å². The first kappa shape index (κ1) is 12.0. The summed E-state index contributed by atoms with van der Waals surface area (Å²) in [4.78, 5) is 24.0. The Morgan fingerprint density at radius 1 is 1.37 bits per heavy atom. The summed E-state index contributed by atoms with van der Waals surface area (Å²) in [5, 5.41) is 0. The van der Waals surface area contributed by atoms with Gasteiger partial charge in [0.15, 0.2) is 0 Å². The van der Waals surface area contributed by atoms with Crippen molar-refractivity contribution in [3.63, 3.8) is 0 Å². The molecule has 3 atom stereocenters. The molecule has 0 saturated heterocycles. The average molecular weight is 258 g/mol. The second kappa shape index (κ2) is 4.53. The number of para-hydroxylation sites is 1. The zero-order valence-electron chi connectivity index (χ0n) is 10.5. The largest absolute Gasteiger partial charge is 0.469 e. The second-order valence-corrected chi connectivity index (χ2v) is 4.80. The van der Waals surface area contributed by atoms with Crippen LogP contribution in [0.15, 0.2) is 36.4 Å². The zero-order chi connectivity index (χ0) is 13.4. The fraction of sp³-hybridized carbons (Fsp3) is 0.333. The van der Waals surface area contributed by atoms with Crippen molar-refractivity contribution in [2.75, 3.05) is 7.11 Å². The summed E-state index contributed by atoms with van der Waals surface area (Å²) in [7, 11) is 1.35. The van der Waals surface area contributed by atoms with Crippen LogP contribution in [0.2, 0.25) is 0 Å². The Balaban J connectivity index is 2.05. The van der Waals surface area contributed by atoms with Gasteiger partial charge in [0.2, 0.25) is 0 Å². The maximum Gasteiger partial charge on any atom is 0.316 e. The van der Waals surface area contributed by atoms with Gasteiger partial charge < -0.3 is 9.47 Å². The summed E-state index contributed by atoms with van der Waals surface area (Å²) in [6.45, 7) is 0. The van der Waals surface area contributed by atoms with Crippen molar-refractivity contribution in [3.8, 4) is 5.75 Å². The lowest BCUT2D eigenvalue weighted by Gasteiger charge is -2.35. The molecule has 98 valence electrons. The fourth-order valence-corrected chi connectivity index (χ4v) is 2.92. The van der Waals surface area contributed by atoms with Gasteiger partial charge in [0.25, 0.3) is 0 Å². The van der Waals surface area contributed by atoms with Crippen LogP contribution in [0.4, 0.5) is 0 Å². The van der Waals surface area contributed by atoms with E-state index in [2.05, 4.69) is 0 Å². The molecule has 4 nitrogen and oxygen atoms in total. The molecule has 0 aromatic heterocycles. The number of esters is 2. The Morgan fingerprint density at radius 3 is 2.95 bits per heavy atom. The van der Waals surface area contributed by atoms with Crippen molar-refractivity contribution < 1.29 is 19.1 Å². The quantitative estimate of drug-likeness (QED) is 0.439. The van der Waals surface area contributed by atoms with Gasteiger partial charge >= 0.3 is 11.9 Å². The van der Waals surface area contributed by atoms with Crippen LogP contribution in [0.25, 0.3) is 0 Å². The lowest BCUT2D eigenvalue weighted by atomic mass is 9.71. The molecule has 0 radical (unpaired) electrons. The van der Waals surface area contributed by atoms with Crippen LogP contribution >= 0.6 is 0 Å². The van der Waals surface area contributed by atoms with E-state index in [1.165, 1.54) is 7.11 Å². The standard InChI is InChI=1S/C15H14O4/c1-18-14(16)11-7-4-6-10-9-5-2-3-8-12(9)19-15(17)13(10)11/h2-6,8,10-11,13H,7H2,1H3/t10-,11+,13-/m1/s1. The molecule has 0 spiro atoms. The molecule has 0 bridgehead atoms. The molecule has 2 aliphatic rings. The first-order valence-electron chi connectivity index (χ1n) is 6.27. The molecule has 3 rings (SSSR count). The van der Waals surface area contributed by atoms with Crippen molar-refractivity contribution in [2.24, 2.45) is 11.8 Å². The molecule has 1 aliphatic heterocycles. The van der Waals surface area contributed by atoms with Gasteiger partial charge in [-0.05, 0) is 12.5 Å². The number of methoxy groups -OCH3 is 1. The maximum absolute atomic E-state index is 12.2. The molecule has 0 amide bonds. The molecule has 0 N–H and O–H groups in total. The number of carbonyl (C=O) groups is 2. The zero-order valence-corrected chi connectivity index (χ0v) is 10.5. The topological polar surface area (TPSA) is 52.6 Å². The Hall–Kier alpha value is -2.10. The first-order valence-corrected chi connectivity index (χ1v) is 6.27. The minimum atomic E-state index is -0.479. The maximum atomic E-state index is 12.2. The normalized spacial score (nSPS) is 28.1. The van der Waals surface area contributed by atoms with Crippen LogP contribution in [0, 0.1) is 11.8 Å². The highest BCUT2D eigenvalue weighted by molar-refractivity contribution is 5.86. The van der Waals surface area contributed by atoms with Gasteiger partial charge in [0.1, 0.15) is 5.75 Å². The summed E-state index contributed by atoms with van der Waals surface area (Å²) in [6.07, 6.45) is 4.45. The lowest BCUT2D eigenvalue weighted by molar-refractivity contribution is -0.156. The number of rotatable bonds is 1. The highest BCUT2D eigenvalue weighted by atomic mass is 16.5. The molecule has 0 fully saturated rings. The molecular formula is C15H14O4. The van der Waals surface area contributed by atoms with Crippen LogP contribution in [0.3, 0.4) is 0 Å². The summed E-state index contributed by atoms with van der Waals surface area (Å²) in [6, 6.07) is 7.45. The highest BCUT2D eigenvalue weighted by Gasteiger charge is 2.45. The molecule has 0 unspecified atom stereocenters. The van der Waals surface area contributed by atoms with Gasteiger partial charge in [-0.3, -0.25) is 9.59 Å². The van der Waals surface area contributed by atoms with E-state index in [0.29, 0.717) is 12.2 Å². The monoisotopic (exact) mass is 258 g/mol. The number of fused-ring (bicyclic) bond motifs is 3. The smallest absolute Gasteiger partial charge is 0.316 e. The minimum Gasteiger partial charge on any atom is -0.469 e. The Bertz CT molecular complexity index is 561. The summed E-state index contributed by atoms with van der Waals surface area (Å²) in [5.41, 5.74) is 0.956. The number of ether oxygens (including phenoxy) is 2. The first-order chi connectivity index (χ1) is 9.22. The van der Waals surface area contributed by atoms with E-state index >= 15 is 0 Å². The molecule has 1 aliphatic carbocycles. The second-order valence-electron chi connectivity index (χ2n) is 4.80. The third-order valence-electron chi connectivity index (χ3n) is 3.82. The van der Waals surface area contributed by atoms with E-state index in [1.54, 1.807) is 6.07 Å². The fourth-order valence-electron chi connectivity index (χ4n) is 2.92. The van der Waals surface area contributed by atoms with Crippen molar-refractivity contribution in [2.45, 2.75) is 12.3 Å². The average Bonchev–Trinajstić information content (AvgIpc) is 2.46. The van der Waals surface area contributed by atoms with E-state index in [9.17, 15) is 9.59 Å². The van der Waals surface area contributed by atoms with E-state index in [0.717, 1.165) is 5.56 Å². The van der Waals surface area contributed by atoms with Crippen LogP contribution in [0.1, 0.15) is 17.9 Å². The number of benzene rings is 1. The molecular weight excluding hydrogens is 244 g/mol. The Kier molecular flexibility index (Phi) is 2.85. The number of hydrogen-bond donors (Lipinski definition) is 0.